The van der Waals surface area contributed by atoms with Crippen LogP contribution in [-0.4, -0.2) is 0 Å². The number of aryl methyl sites for hydroxylation is 2. The van der Waals surface area contributed by atoms with E-state index in [0.717, 1.165) is 23.7 Å². The van der Waals surface area contributed by atoms with Gasteiger partial charge in [0.2, 0.25) is 0 Å². The van der Waals surface area contributed by atoms with Gasteiger partial charge in [-0.2, -0.15) is 0 Å². The molecule has 1 aromatic rings. The fourth-order valence-corrected chi connectivity index (χ4v) is 4.73. The molecule has 2 fully saturated rings. The predicted molar refractivity (Wildman–Crippen MR) is 87.2 cm³/mol. The van der Waals surface area contributed by atoms with Gasteiger partial charge in [-0.25, -0.2) is 0 Å². The van der Waals surface area contributed by atoms with Crippen LogP contribution in [0.1, 0.15) is 73.6 Å². The zero-order chi connectivity index (χ0) is 14.3. The Labute approximate surface area is 125 Å². The Morgan fingerprint density at radius 3 is 2.10 bits per heavy atom. The van der Waals surface area contributed by atoms with Crippen LogP contribution in [0.4, 0.5) is 0 Å². The molecule has 0 bridgehead atoms. The third-order valence-electron chi connectivity index (χ3n) is 6.30. The van der Waals surface area contributed by atoms with Crippen LogP contribution in [0.15, 0.2) is 12.1 Å². The average Bonchev–Trinajstić information content (AvgIpc) is 2.43. The molecule has 0 nitrogen and oxygen atoms in total. The van der Waals surface area contributed by atoms with Crippen molar-refractivity contribution in [3.8, 4) is 0 Å². The molecule has 0 aliphatic heterocycles. The first-order valence-corrected chi connectivity index (χ1v) is 8.62. The number of rotatable bonds is 1. The summed E-state index contributed by atoms with van der Waals surface area (Å²) in [6.07, 6.45) is 8.83. The molecule has 0 N–H and O–H groups in total. The SMILES string of the molecule is Cc1cc(C2CCC3CC(C)CCC3C2)cc(C)c1C. The zero-order valence-corrected chi connectivity index (χ0v) is 13.7. The summed E-state index contributed by atoms with van der Waals surface area (Å²) < 4.78 is 0. The van der Waals surface area contributed by atoms with Crippen LogP contribution in [0, 0.1) is 38.5 Å². The van der Waals surface area contributed by atoms with Gasteiger partial charge in [-0.3, -0.25) is 0 Å². The van der Waals surface area contributed by atoms with Crippen molar-refractivity contribution in [1.29, 1.82) is 0 Å². The lowest BCUT2D eigenvalue weighted by atomic mass is 9.64. The van der Waals surface area contributed by atoms with Gasteiger partial charge in [-0.1, -0.05) is 25.5 Å². The monoisotopic (exact) mass is 270 g/mol. The van der Waals surface area contributed by atoms with E-state index in [4.69, 9.17) is 0 Å². The Kier molecular flexibility index (Phi) is 3.93. The van der Waals surface area contributed by atoms with Crippen LogP contribution in [0.25, 0.3) is 0 Å². The number of hydrogen-bond donors (Lipinski definition) is 0. The van der Waals surface area contributed by atoms with E-state index in [-0.39, 0.29) is 0 Å². The van der Waals surface area contributed by atoms with Crippen molar-refractivity contribution in [2.24, 2.45) is 17.8 Å². The fourth-order valence-electron chi connectivity index (χ4n) is 4.73. The summed E-state index contributed by atoms with van der Waals surface area (Å²) in [5.74, 6) is 3.88. The predicted octanol–water partition coefficient (Wildman–Crippen LogP) is 5.93. The second kappa shape index (κ2) is 5.54. The highest BCUT2D eigenvalue weighted by atomic mass is 14.4. The van der Waals surface area contributed by atoms with Gasteiger partial charge in [0, 0.05) is 0 Å². The maximum absolute atomic E-state index is 2.47. The highest BCUT2D eigenvalue weighted by Crippen LogP contribution is 2.47. The van der Waals surface area contributed by atoms with E-state index in [9.17, 15) is 0 Å². The molecule has 1 aromatic carbocycles. The minimum atomic E-state index is 0.836. The molecular formula is C20H30. The average molecular weight is 270 g/mol. The number of hydrogen-bond acceptors (Lipinski definition) is 0. The van der Waals surface area contributed by atoms with Crippen molar-refractivity contribution < 1.29 is 0 Å². The summed E-state index contributed by atoms with van der Waals surface area (Å²) >= 11 is 0. The Hall–Kier alpha value is -0.780. The summed E-state index contributed by atoms with van der Waals surface area (Å²) in [5, 5.41) is 0. The van der Waals surface area contributed by atoms with Crippen LogP contribution < -0.4 is 0 Å². The molecule has 0 saturated heterocycles. The Morgan fingerprint density at radius 2 is 1.40 bits per heavy atom. The first kappa shape index (κ1) is 14.2. The maximum Gasteiger partial charge on any atom is -0.0159 e. The summed E-state index contributed by atoms with van der Waals surface area (Å²) in [6.45, 7) is 9.27. The van der Waals surface area contributed by atoms with Gasteiger partial charge in [0.1, 0.15) is 0 Å². The van der Waals surface area contributed by atoms with Crippen molar-refractivity contribution in [2.75, 3.05) is 0 Å². The first-order valence-electron chi connectivity index (χ1n) is 8.62. The Morgan fingerprint density at radius 1 is 0.800 bits per heavy atom. The van der Waals surface area contributed by atoms with Crippen molar-refractivity contribution in [3.63, 3.8) is 0 Å². The Balaban J connectivity index is 1.76. The molecule has 2 aliphatic carbocycles. The van der Waals surface area contributed by atoms with Crippen LogP contribution in [0.5, 0.6) is 0 Å². The molecule has 20 heavy (non-hydrogen) atoms. The van der Waals surface area contributed by atoms with Crippen molar-refractivity contribution >= 4 is 0 Å². The molecule has 4 unspecified atom stereocenters. The Bertz CT molecular complexity index is 462. The molecule has 0 aromatic heterocycles. The van der Waals surface area contributed by atoms with Crippen molar-refractivity contribution in [2.45, 2.75) is 72.1 Å². The van der Waals surface area contributed by atoms with Gasteiger partial charge in [-0.05, 0) is 98.8 Å². The number of benzene rings is 1. The molecule has 2 saturated carbocycles. The lowest BCUT2D eigenvalue weighted by Gasteiger charge is -2.41. The minimum absolute atomic E-state index is 0.836. The van der Waals surface area contributed by atoms with Gasteiger partial charge in [0.05, 0.1) is 0 Å². The van der Waals surface area contributed by atoms with Crippen LogP contribution in [0.3, 0.4) is 0 Å². The molecule has 2 aliphatic rings. The molecule has 0 amide bonds. The lowest BCUT2D eigenvalue weighted by Crippen LogP contribution is -2.29. The summed E-state index contributed by atoms with van der Waals surface area (Å²) in [5.41, 5.74) is 6.08. The van der Waals surface area contributed by atoms with Gasteiger partial charge in [0.25, 0.3) is 0 Å². The highest BCUT2D eigenvalue weighted by molar-refractivity contribution is 5.38. The minimum Gasteiger partial charge on any atom is -0.0625 e. The van der Waals surface area contributed by atoms with Crippen molar-refractivity contribution in [1.82, 2.24) is 0 Å². The molecule has 4 atom stereocenters. The molecule has 0 radical (unpaired) electrons. The van der Waals surface area contributed by atoms with Gasteiger partial charge >= 0.3 is 0 Å². The summed E-state index contributed by atoms with van der Waals surface area (Å²) in [4.78, 5) is 0. The van der Waals surface area contributed by atoms with E-state index in [1.54, 1.807) is 5.56 Å². The largest absolute Gasteiger partial charge is 0.0625 e. The van der Waals surface area contributed by atoms with E-state index >= 15 is 0 Å². The van der Waals surface area contributed by atoms with Crippen molar-refractivity contribution in [3.05, 3.63) is 34.4 Å². The van der Waals surface area contributed by atoms with E-state index in [0.29, 0.717) is 0 Å². The van der Waals surface area contributed by atoms with Crippen LogP contribution >= 0.6 is 0 Å². The van der Waals surface area contributed by atoms with Gasteiger partial charge in [-0.15, -0.1) is 0 Å². The van der Waals surface area contributed by atoms with E-state index < -0.39 is 0 Å². The second-order valence-electron chi connectivity index (χ2n) is 7.73. The summed E-state index contributed by atoms with van der Waals surface area (Å²) in [7, 11) is 0. The molecule has 110 valence electrons. The third kappa shape index (κ3) is 2.67. The van der Waals surface area contributed by atoms with Gasteiger partial charge in [0.15, 0.2) is 0 Å². The quantitative estimate of drug-likeness (QED) is 0.593. The molecule has 3 rings (SSSR count). The fraction of sp³-hybridized carbons (Fsp3) is 0.700. The normalized spacial score (nSPS) is 33.8. The lowest BCUT2D eigenvalue weighted by molar-refractivity contribution is 0.124. The number of fused-ring (bicyclic) bond motifs is 1. The first-order chi connectivity index (χ1) is 9.54. The topological polar surface area (TPSA) is 0 Å². The molecule has 0 spiro atoms. The van der Waals surface area contributed by atoms with Gasteiger partial charge < -0.3 is 0 Å². The second-order valence-corrected chi connectivity index (χ2v) is 7.73. The molecule has 0 heteroatoms. The molecular weight excluding hydrogens is 240 g/mol. The van der Waals surface area contributed by atoms with Crippen LogP contribution in [0.2, 0.25) is 0 Å². The third-order valence-corrected chi connectivity index (χ3v) is 6.30. The highest BCUT2D eigenvalue weighted by Gasteiger charge is 2.34. The van der Waals surface area contributed by atoms with E-state index in [1.165, 1.54) is 55.2 Å². The summed E-state index contributed by atoms with van der Waals surface area (Å²) in [6, 6.07) is 4.94. The maximum atomic E-state index is 2.47. The van der Waals surface area contributed by atoms with Crippen LogP contribution in [-0.2, 0) is 0 Å². The van der Waals surface area contributed by atoms with E-state index in [2.05, 4.69) is 39.8 Å². The van der Waals surface area contributed by atoms with E-state index in [1.807, 2.05) is 0 Å². The smallest absolute Gasteiger partial charge is 0.0159 e. The zero-order valence-electron chi connectivity index (χ0n) is 13.7. The standard InChI is InChI=1S/C20H30/c1-13-5-6-18-12-19(8-7-17(18)9-13)20-10-14(2)16(4)15(3)11-20/h10-11,13,17-19H,5-9,12H2,1-4H3. The molecule has 0 heterocycles.